The molecule has 0 radical (unpaired) electrons. The average Bonchev–Trinajstić information content (AvgIpc) is 2.53. The number of carbonyl (C=O) groups is 3. The van der Waals surface area contributed by atoms with Gasteiger partial charge in [-0.05, 0) is 6.92 Å². The first-order valence-corrected chi connectivity index (χ1v) is 6.42. The van der Waals surface area contributed by atoms with Crippen LogP contribution in [0.15, 0.2) is 55.0 Å². The first-order valence-electron chi connectivity index (χ1n) is 6.42. The van der Waals surface area contributed by atoms with Gasteiger partial charge in [-0.3, -0.25) is 4.79 Å². The SMILES string of the molecule is C=C(C)C(=O)O/C=C/OCCOC(=O)C(=O)c1ccccc1. The van der Waals surface area contributed by atoms with Crippen molar-refractivity contribution in [3.8, 4) is 0 Å². The Labute approximate surface area is 128 Å². The standard InChI is InChI=1S/C16H16O6/c1-12(2)15(18)21-10-8-20-9-11-22-16(19)14(17)13-6-4-3-5-7-13/h3-8,10H,1,9,11H2,2H3/b10-8+. The highest BCUT2D eigenvalue weighted by Crippen LogP contribution is 2.01. The van der Waals surface area contributed by atoms with Crippen molar-refractivity contribution >= 4 is 17.7 Å². The number of rotatable bonds is 8. The molecule has 0 atom stereocenters. The predicted molar refractivity (Wildman–Crippen MR) is 77.7 cm³/mol. The summed E-state index contributed by atoms with van der Waals surface area (Å²) < 4.78 is 14.3. The van der Waals surface area contributed by atoms with E-state index in [1.165, 1.54) is 19.1 Å². The normalized spacial score (nSPS) is 10.0. The summed E-state index contributed by atoms with van der Waals surface area (Å²) in [6.07, 6.45) is 2.18. The van der Waals surface area contributed by atoms with E-state index in [9.17, 15) is 14.4 Å². The summed E-state index contributed by atoms with van der Waals surface area (Å²) >= 11 is 0. The molecule has 0 bridgehead atoms. The van der Waals surface area contributed by atoms with E-state index in [0.717, 1.165) is 12.5 Å². The lowest BCUT2D eigenvalue weighted by molar-refractivity contribution is -0.139. The topological polar surface area (TPSA) is 78.9 Å². The molecular weight excluding hydrogens is 288 g/mol. The van der Waals surface area contributed by atoms with E-state index < -0.39 is 17.7 Å². The second kappa shape index (κ2) is 9.12. The third-order valence-electron chi connectivity index (χ3n) is 2.33. The summed E-state index contributed by atoms with van der Waals surface area (Å²) in [5.74, 6) is -2.24. The van der Waals surface area contributed by atoms with Gasteiger partial charge in [-0.2, -0.15) is 0 Å². The molecule has 0 amide bonds. The molecule has 0 saturated carbocycles. The van der Waals surface area contributed by atoms with E-state index >= 15 is 0 Å². The molecule has 22 heavy (non-hydrogen) atoms. The number of hydrogen-bond acceptors (Lipinski definition) is 6. The minimum Gasteiger partial charge on any atom is -0.494 e. The number of Topliss-reactive ketones (excluding diaryl/α,β-unsaturated/α-hetero) is 1. The third kappa shape index (κ3) is 6.04. The van der Waals surface area contributed by atoms with E-state index in [-0.39, 0.29) is 24.4 Å². The molecule has 0 aliphatic rings. The molecule has 1 aromatic carbocycles. The van der Waals surface area contributed by atoms with Gasteiger partial charge in [0.2, 0.25) is 0 Å². The lowest BCUT2D eigenvalue weighted by Crippen LogP contribution is -2.19. The van der Waals surface area contributed by atoms with Crippen LogP contribution in [0, 0.1) is 0 Å². The highest BCUT2D eigenvalue weighted by Gasteiger charge is 2.16. The van der Waals surface area contributed by atoms with Crippen molar-refractivity contribution in [2.45, 2.75) is 6.92 Å². The van der Waals surface area contributed by atoms with Crippen molar-refractivity contribution < 1.29 is 28.6 Å². The Morgan fingerprint density at radius 1 is 1.05 bits per heavy atom. The summed E-state index contributed by atoms with van der Waals surface area (Å²) in [7, 11) is 0. The largest absolute Gasteiger partial charge is 0.494 e. The Kier molecular flexibility index (Phi) is 7.12. The van der Waals surface area contributed by atoms with E-state index in [2.05, 4.69) is 11.3 Å². The van der Waals surface area contributed by atoms with Gasteiger partial charge in [0.1, 0.15) is 25.7 Å². The van der Waals surface area contributed by atoms with Crippen molar-refractivity contribution in [2.75, 3.05) is 13.2 Å². The summed E-state index contributed by atoms with van der Waals surface area (Å²) in [5.41, 5.74) is 0.526. The van der Waals surface area contributed by atoms with Crippen LogP contribution in [-0.2, 0) is 23.8 Å². The molecule has 0 N–H and O–H groups in total. The van der Waals surface area contributed by atoms with Crippen molar-refractivity contribution in [3.05, 3.63) is 60.6 Å². The maximum Gasteiger partial charge on any atom is 0.379 e. The second-order valence-electron chi connectivity index (χ2n) is 4.16. The fraction of sp³-hybridized carbons (Fsp3) is 0.188. The van der Waals surface area contributed by atoms with E-state index in [1.807, 2.05) is 0 Å². The van der Waals surface area contributed by atoms with Crippen LogP contribution in [0.3, 0.4) is 0 Å². The zero-order valence-electron chi connectivity index (χ0n) is 12.1. The fourth-order valence-electron chi connectivity index (χ4n) is 1.25. The Morgan fingerprint density at radius 3 is 2.36 bits per heavy atom. The molecule has 1 rings (SSSR count). The maximum atomic E-state index is 11.7. The van der Waals surface area contributed by atoms with E-state index in [1.54, 1.807) is 18.2 Å². The molecule has 116 valence electrons. The quantitative estimate of drug-likeness (QED) is 0.183. The van der Waals surface area contributed by atoms with Crippen LogP contribution in [0.25, 0.3) is 0 Å². The van der Waals surface area contributed by atoms with Crippen LogP contribution < -0.4 is 0 Å². The summed E-state index contributed by atoms with van der Waals surface area (Å²) in [6.45, 7) is 4.84. The molecule has 0 heterocycles. The third-order valence-corrected chi connectivity index (χ3v) is 2.33. The first kappa shape index (κ1) is 17.2. The average molecular weight is 304 g/mol. The summed E-state index contributed by atoms with van der Waals surface area (Å²) in [4.78, 5) is 34.1. The van der Waals surface area contributed by atoms with Crippen LogP contribution in [0.5, 0.6) is 0 Å². The molecule has 0 aliphatic carbocycles. The minimum absolute atomic E-state index is 0.0227. The van der Waals surface area contributed by atoms with Crippen LogP contribution in [0.4, 0.5) is 0 Å². The summed E-state index contributed by atoms with van der Waals surface area (Å²) in [6, 6.07) is 8.10. The predicted octanol–water partition coefficient (Wildman–Crippen LogP) is 2.02. The van der Waals surface area contributed by atoms with Gasteiger partial charge in [0.05, 0.1) is 0 Å². The fourth-order valence-corrected chi connectivity index (χ4v) is 1.25. The molecule has 1 aromatic rings. The maximum absolute atomic E-state index is 11.7. The number of ether oxygens (including phenoxy) is 3. The zero-order valence-corrected chi connectivity index (χ0v) is 12.1. The van der Waals surface area contributed by atoms with Gasteiger partial charge in [0, 0.05) is 11.1 Å². The minimum atomic E-state index is -0.951. The number of benzene rings is 1. The smallest absolute Gasteiger partial charge is 0.379 e. The van der Waals surface area contributed by atoms with Gasteiger partial charge in [-0.1, -0.05) is 36.9 Å². The Bertz CT molecular complexity index is 574. The second-order valence-corrected chi connectivity index (χ2v) is 4.16. The highest BCUT2D eigenvalue weighted by atomic mass is 16.6. The number of carbonyl (C=O) groups excluding carboxylic acids is 3. The highest BCUT2D eigenvalue weighted by molar-refractivity contribution is 6.40. The van der Waals surface area contributed by atoms with Crippen molar-refractivity contribution in [1.29, 1.82) is 0 Å². The molecule has 0 unspecified atom stereocenters. The van der Waals surface area contributed by atoms with Crippen LogP contribution >= 0.6 is 0 Å². The molecular formula is C16H16O6. The van der Waals surface area contributed by atoms with Gasteiger partial charge < -0.3 is 14.2 Å². The molecule has 6 nitrogen and oxygen atoms in total. The Morgan fingerprint density at radius 2 is 1.73 bits per heavy atom. The van der Waals surface area contributed by atoms with Gasteiger partial charge in [-0.25, -0.2) is 9.59 Å². The van der Waals surface area contributed by atoms with Gasteiger partial charge >= 0.3 is 11.9 Å². The van der Waals surface area contributed by atoms with Crippen molar-refractivity contribution in [1.82, 2.24) is 0 Å². The molecule has 0 aromatic heterocycles. The number of ketones is 1. The lowest BCUT2D eigenvalue weighted by atomic mass is 10.1. The van der Waals surface area contributed by atoms with E-state index in [4.69, 9.17) is 9.47 Å². The number of esters is 2. The Balaban J connectivity index is 2.21. The lowest BCUT2D eigenvalue weighted by Gasteiger charge is -2.04. The van der Waals surface area contributed by atoms with Crippen LogP contribution in [-0.4, -0.2) is 30.9 Å². The Hall–Kier alpha value is -2.89. The summed E-state index contributed by atoms with van der Waals surface area (Å²) in [5, 5.41) is 0. The van der Waals surface area contributed by atoms with Gasteiger partial charge in [0.25, 0.3) is 5.78 Å². The number of hydrogen-bond donors (Lipinski definition) is 0. The first-order chi connectivity index (χ1) is 10.5. The molecule has 0 saturated heterocycles. The van der Waals surface area contributed by atoms with Crippen molar-refractivity contribution in [2.24, 2.45) is 0 Å². The molecule has 6 heteroatoms. The van der Waals surface area contributed by atoms with Crippen LogP contribution in [0.2, 0.25) is 0 Å². The van der Waals surface area contributed by atoms with E-state index in [0.29, 0.717) is 0 Å². The monoisotopic (exact) mass is 304 g/mol. The van der Waals surface area contributed by atoms with Gasteiger partial charge in [0.15, 0.2) is 0 Å². The van der Waals surface area contributed by atoms with Gasteiger partial charge in [-0.15, -0.1) is 0 Å². The van der Waals surface area contributed by atoms with Crippen molar-refractivity contribution in [3.63, 3.8) is 0 Å². The molecule has 0 aliphatic heterocycles. The molecule has 0 fully saturated rings. The van der Waals surface area contributed by atoms with Crippen LogP contribution in [0.1, 0.15) is 17.3 Å². The molecule has 0 spiro atoms. The zero-order chi connectivity index (χ0) is 16.4.